The van der Waals surface area contributed by atoms with Gasteiger partial charge in [0.1, 0.15) is 6.33 Å². The summed E-state index contributed by atoms with van der Waals surface area (Å²) in [5.41, 5.74) is 4.08. The number of hydrogen-bond donors (Lipinski definition) is 1. The molecule has 0 spiro atoms. The highest BCUT2D eigenvalue weighted by atomic mass is 16.6. The first kappa shape index (κ1) is 19.1. The average Bonchev–Trinajstić information content (AvgIpc) is 3.18. The van der Waals surface area contributed by atoms with Crippen LogP contribution in [-0.4, -0.2) is 34.5 Å². The fourth-order valence-corrected chi connectivity index (χ4v) is 3.28. The van der Waals surface area contributed by atoms with Crippen molar-refractivity contribution < 1.29 is 9.72 Å². The molecule has 0 saturated heterocycles. The molecular formula is C22H19N5O3. The molecule has 0 aliphatic carbocycles. The van der Waals surface area contributed by atoms with Crippen LogP contribution in [0.1, 0.15) is 10.4 Å². The van der Waals surface area contributed by atoms with Gasteiger partial charge in [0.15, 0.2) is 0 Å². The van der Waals surface area contributed by atoms with Crippen molar-refractivity contribution in [2.75, 3.05) is 24.3 Å². The number of carbonyl (C=O) groups is 1. The number of amides is 1. The van der Waals surface area contributed by atoms with E-state index in [0.29, 0.717) is 11.4 Å². The third-order valence-electron chi connectivity index (χ3n) is 4.77. The topological polar surface area (TPSA) is 93.3 Å². The monoisotopic (exact) mass is 401 g/mol. The molecule has 3 aromatic carbocycles. The van der Waals surface area contributed by atoms with Crippen molar-refractivity contribution in [2.45, 2.75) is 0 Å². The van der Waals surface area contributed by atoms with Crippen molar-refractivity contribution in [3.63, 3.8) is 0 Å². The summed E-state index contributed by atoms with van der Waals surface area (Å²) in [5, 5.41) is 13.9. The summed E-state index contributed by atoms with van der Waals surface area (Å²) in [5.74, 6) is -0.414. The lowest BCUT2D eigenvalue weighted by Gasteiger charge is -2.17. The lowest BCUT2D eigenvalue weighted by atomic mass is 10.1. The van der Waals surface area contributed by atoms with Gasteiger partial charge in [-0.05, 0) is 42.5 Å². The number of nitro benzene ring substituents is 1. The van der Waals surface area contributed by atoms with Gasteiger partial charge in [0, 0.05) is 43.3 Å². The number of hydrogen-bond acceptors (Lipinski definition) is 5. The van der Waals surface area contributed by atoms with Crippen LogP contribution >= 0.6 is 0 Å². The number of fused-ring (bicyclic) bond motifs is 1. The summed E-state index contributed by atoms with van der Waals surface area (Å²) in [7, 11) is 3.56. The van der Waals surface area contributed by atoms with Gasteiger partial charge >= 0.3 is 0 Å². The Kier molecular flexibility index (Phi) is 4.89. The standard InChI is InChI=1S/C22H19N5O3/c1-25(2)20-12-11-17(27(29)30)13-18(20)22(28)24-15-7-9-16(10-8-15)26-14-23-19-5-3-4-6-21(19)26/h3-14H,1-2H3,(H,24,28). The number of benzene rings is 3. The summed E-state index contributed by atoms with van der Waals surface area (Å²) in [6.45, 7) is 0. The number of carbonyl (C=O) groups excluding carboxylic acids is 1. The third-order valence-corrected chi connectivity index (χ3v) is 4.77. The maximum atomic E-state index is 12.8. The van der Waals surface area contributed by atoms with Crippen molar-refractivity contribution in [2.24, 2.45) is 0 Å². The van der Waals surface area contributed by atoms with E-state index in [-0.39, 0.29) is 11.3 Å². The molecule has 0 fully saturated rings. The van der Waals surface area contributed by atoms with Crippen LogP contribution in [0, 0.1) is 10.1 Å². The molecule has 1 amide bonds. The molecular weight excluding hydrogens is 382 g/mol. The van der Waals surface area contributed by atoms with E-state index >= 15 is 0 Å². The lowest BCUT2D eigenvalue weighted by molar-refractivity contribution is -0.384. The Balaban J connectivity index is 1.60. The van der Waals surface area contributed by atoms with Crippen LogP contribution in [0.25, 0.3) is 16.7 Å². The molecule has 4 rings (SSSR count). The largest absolute Gasteiger partial charge is 0.377 e. The molecule has 30 heavy (non-hydrogen) atoms. The maximum Gasteiger partial charge on any atom is 0.270 e. The summed E-state index contributed by atoms with van der Waals surface area (Å²) in [6, 6.07) is 19.4. The normalized spacial score (nSPS) is 10.7. The first-order chi connectivity index (χ1) is 14.4. The zero-order valence-electron chi connectivity index (χ0n) is 16.4. The fraction of sp³-hybridized carbons (Fsp3) is 0.0909. The second kappa shape index (κ2) is 7.67. The molecule has 0 aliphatic heterocycles. The van der Waals surface area contributed by atoms with E-state index in [2.05, 4.69) is 10.3 Å². The van der Waals surface area contributed by atoms with Crippen LogP contribution in [0.5, 0.6) is 0 Å². The van der Waals surface area contributed by atoms with Gasteiger partial charge in [-0.15, -0.1) is 0 Å². The number of aromatic nitrogens is 2. The molecule has 1 N–H and O–H groups in total. The summed E-state index contributed by atoms with van der Waals surface area (Å²) in [6.07, 6.45) is 1.75. The highest BCUT2D eigenvalue weighted by Crippen LogP contribution is 2.26. The number of imidazole rings is 1. The van der Waals surface area contributed by atoms with E-state index in [1.165, 1.54) is 12.1 Å². The Morgan fingerprint density at radius 2 is 1.80 bits per heavy atom. The van der Waals surface area contributed by atoms with Crippen molar-refractivity contribution >= 4 is 34.0 Å². The first-order valence-corrected chi connectivity index (χ1v) is 9.23. The number of non-ortho nitro benzene ring substituents is 1. The quantitative estimate of drug-likeness (QED) is 0.399. The van der Waals surface area contributed by atoms with Gasteiger partial charge in [0.2, 0.25) is 0 Å². The molecule has 0 bridgehead atoms. The number of anilines is 2. The summed E-state index contributed by atoms with van der Waals surface area (Å²) >= 11 is 0. The molecule has 0 unspecified atom stereocenters. The number of para-hydroxylation sites is 2. The van der Waals surface area contributed by atoms with Crippen LogP contribution in [-0.2, 0) is 0 Å². The Hall–Kier alpha value is -4.20. The number of rotatable bonds is 5. The number of nitro groups is 1. The summed E-state index contributed by atoms with van der Waals surface area (Å²) in [4.78, 5) is 29.6. The minimum atomic E-state index is -0.513. The minimum Gasteiger partial charge on any atom is -0.377 e. The van der Waals surface area contributed by atoms with Crippen molar-refractivity contribution in [1.29, 1.82) is 0 Å². The van der Waals surface area contributed by atoms with Gasteiger partial charge in [-0.3, -0.25) is 19.5 Å². The van der Waals surface area contributed by atoms with E-state index in [0.717, 1.165) is 16.7 Å². The van der Waals surface area contributed by atoms with Gasteiger partial charge in [-0.25, -0.2) is 4.98 Å². The summed E-state index contributed by atoms with van der Waals surface area (Å²) < 4.78 is 1.96. The highest BCUT2D eigenvalue weighted by Gasteiger charge is 2.18. The van der Waals surface area contributed by atoms with Crippen LogP contribution in [0.4, 0.5) is 17.1 Å². The first-order valence-electron chi connectivity index (χ1n) is 9.23. The van der Waals surface area contributed by atoms with E-state index in [1.54, 1.807) is 43.5 Å². The molecule has 0 aliphatic rings. The van der Waals surface area contributed by atoms with Gasteiger partial charge in [0.05, 0.1) is 21.5 Å². The molecule has 8 heteroatoms. The van der Waals surface area contributed by atoms with Gasteiger partial charge < -0.3 is 10.2 Å². The highest BCUT2D eigenvalue weighted by molar-refractivity contribution is 6.08. The second-order valence-electron chi connectivity index (χ2n) is 6.96. The molecule has 8 nitrogen and oxygen atoms in total. The van der Waals surface area contributed by atoms with E-state index in [1.807, 2.05) is 41.0 Å². The predicted molar refractivity (Wildman–Crippen MR) is 116 cm³/mol. The van der Waals surface area contributed by atoms with Crippen LogP contribution in [0.2, 0.25) is 0 Å². The Morgan fingerprint density at radius 3 is 2.50 bits per heavy atom. The number of nitrogens with zero attached hydrogens (tertiary/aromatic N) is 4. The van der Waals surface area contributed by atoms with Gasteiger partial charge in [0.25, 0.3) is 11.6 Å². The fourth-order valence-electron chi connectivity index (χ4n) is 3.28. The maximum absolute atomic E-state index is 12.8. The van der Waals surface area contributed by atoms with Crippen molar-refractivity contribution in [3.8, 4) is 5.69 Å². The molecule has 4 aromatic rings. The predicted octanol–water partition coefficient (Wildman–Crippen LogP) is 4.25. The zero-order chi connectivity index (χ0) is 21.3. The van der Waals surface area contributed by atoms with Crippen molar-refractivity contribution in [3.05, 3.63) is 88.7 Å². The molecule has 1 aromatic heterocycles. The van der Waals surface area contributed by atoms with Crippen molar-refractivity contribution in [1.82, 2.24) is 9.55 Å². The Bertz CT molecular complexity index is 1250. The smallest absolute Gasteiger partial charge is 0.270 e. The SMILES string of the molecule is CN(C)c1ccc([N+](=O)[O-])cc1C(=O)Nc1ccc(-n2cnc3ccccc32)cc1. The molecule has 0 radical (unpaired) electrons. The average molecular weight is 401 g/mol. The molecule has 0 saturated carbocycles. The third kappa shape index (κ3) is 3.58. The Morgan fingerprint density at radius 1 is 1.07 bits per heavy atom. The number of nitrogens with one attached hydrogen (secondary N) is 1. The van der Waals surface area contributed by atoms with Gasteiger partial charge in [-0.2, -0.15) is 0 Å². The van der Waals surface area contributed by atoms with Gasteiger partial charge in [-0.1, -0.05) is 12.1 Å². The van der Waals surface area contributed by atoms with Crippen LogP contribution < -0.4 is 10.2 Å². The van der Waals surface area contributed by atoms with E-state index in [9.17, 15) is 14.9 Å². The lowest BCUT2D eigenvalue weighted by Crippen LogP contribution is -2.18. The minimum absolute atomic E-state index is 0.131. The molecule has 150 valence electrons. The Labute approximate surface area is 172 Å². The van der Waals surface area contributed by atoms with E-state index < -0.39 is 10.8 Å². The zero-order valence-corrected chi connectivity index (χ0v) is 16.4. The van der Waals surface area contributed by atoms with Crippen LogP contribution in [0.15, 0.2) is 73.1 Å². The van der Waals surface area contributed by atoms with E-state index in [4.69, 9.17) is 0 Å². The second-order valence-corrected chi connectivity index (χ2v) is 6.96. The molecule has 1 heterocycles. The molecule has 0 atom stereocenters. The van der Waals surface area contributed by atoms with Crippen LogP contribution in [0.3, 0.4) is 0 Å².